The number of halogens is 1. The maximum Gasteiger partial charge on any atom is 0.289 e. The monoisotopic (exact) mass is 416 g/mol. The molecule has 9 heteroatoms. The number of carbonyl (C=O) groups is 2. The van der Waals surface area contributed by atoms with E-state index in [-0.39, 0.29) is 34.9 Å². The molecule has 0 aliphatic heterocycles. The van der Waals surface area contributed by atoms with Crippen molar-refractivity contribution in [3.05, 3.63) is 69.2 Å². The van der Waals surface area contributed by atoms with Crippen molar-refractivity contribution in [3.8, 4) is 0 Å². The van der Waals surface area contributed by atoms with Gasteiger partial charge in [-0.2, -0.15) is 0 Å². The summed E-state index contributed by atoms with van der Waals surface area (Å²) >= 11 is 5.83. The average molecular weight is 417 g/mol. The van der Waals surface area contributed by atoms with Crippen LogP contribution in [0.4, 0.5) is 11.4 Å². The van der Waals surface area contributed by atoms with Crippen LogP contribution in [0.15, 0.2) is 48.5 Å². The minimum atomic E-state index is -0.754. The Labute approximate surface area is 173 Å². The Morgan fingerprint density at radius 2 is 1.93 bits per heavy atom. The van der Waals surface area contributed by atoms with Gasteiger partial charge in [0, 0.05) is 17.8 Å². The van der Waals surface area contributed by atoms with E-state index in [1.165, 1.54) is 18.2 Å². The molecule has 3 rings (SSSR count). The highest BCUT2D eigenvalue weighted by atomic mass is 35.5. The Hall–Kier alpha value is -2.97. The molecule has 1 atom stereocenters. The molecule has 2 aromatic rings. The Morgan fingerprint density at radius 1 is 1.24 bits per heavy atom. The molecule has 29 heavy (non-hydrogen) atoms. The first-order valence-electron chi connectivity index (χ1n) is 9.14. The summed E-state index contributed by atoms with van der Waals surface area (Å²) in [5.41, 5.74) is 0.663. The first-order chi connectivity index (χ1) is 13.8. The predicted molar refractivity (Wildman–Crippen MR) is 110 cm³/mol. The van der Waals surface area contributed by atoms with E-state index in [4.69, 9.17) is 11.6 Å². The van der Waals surface area contributed by atoms with Crippen molar-refractivity contribution >= 4 is 34.8 Å². The van der Waals surface area contributed by atoms with Crippen molar-refractivity contribution in [1.82, 2.24) is 10.2 Å². The number of anilines is 1. The molecular weight excluding hydrogens is 396 g/mol. The molecule has 0 radical (unpaired) electrons. The van der Waals surface area contributed by atoms with Crippen molar-refractivity contribution < 1.29 is 14.5 Å². The minimum absolute atomic E-state index is 0.0125. The molecule has 2 amide bonds. The molecule has 2 N–H and O–H groups in total. The molecule has 1 aliphatic carbocycles. The van der Waals surface area contributed by atoms with E-state index in [0.717, 1.165) is 12.8 Å². The van der Waals surface area contributed by atoms with Gasteiger partial charge in [0.1, 0.15) is 11.1 Å². The molecule has 0 heterocycles. The summed E-state index contributed by atoms with van der Waals surface area (Å²) in [7, 11) is 1.69. The Kier molecular flexibility index (Phi) is 6.46. The van der Waals surface area contributed by atoms with Crippen molar-refractivity contribution in [2.24, 2.45) is 0 Å². The molecule has 2 aromatic carbocycles. The van der Waals surface area contributed by atoms with Crippen molar-refractivity contribution in [2.45, 2.75) is 24.9 Å². The zero-order valence-corrected chi connectivity index (χ0v) is 16.6. The number of carbonyl (C=O) groups excluding carboxylic acids is 2. The number of nitrogens with one attached hydrogen (secondary N) is 2. The number of amides is 2. The van der Waals surface area contributed by atoms with Gasteiger partial charge in [0.25, 0.3) is 5.69 Å². The van der Waals surface area contributed by atoms with Crippen LogP contribution in [0.5, 0.6) is 0 Å². The fourth-order valence-electron chi connectivity index (χ4n) is 3.00. The molecule has 0 aromatic heterocycles. The lowest BCUT2D eigenvalue weighted by atomic mass is 10.0. The zero-order valence-electron chi connectivity index (χ0n) is 15.8. The number of likely N-dealkylation sites (N-methyl/N-ethyl adjacent to an activating group) is 1. The number of nitro groups is 1. The van der Waals surface area contributed by atoms with E-state index in [2.05, 4.69) is 10.6 Å². The Bertz CT molecular complexity index is 918. The van der Waals surface area contributed by atoms with Gasteiger partial charge >= 0.3 is 0 Å². The standard InChI is InChI=1S/C20H21ClN4O4/c1-24(12-18(26)22-14-7-8-14)19(13-5-3-2-4-6-13)20(27)23-15-9-10-16(21)17(11-15)25(28)29/h2-6,9-11,14,19H,7-8,12H2,1H3,(H,22,26)(H,23,27)/t19-/m1/s1. The van der Waals surface area contributed by atoms with Gasteiger partial charge in [-0.15, -0.1) is 0 Å². The van der Waals surface area contributed by atoms with Crippen LogP contribution in [0.1, 0.15) is 24.4 Å². The second kappa shape index (κ2) is 9.02. The van der Waals surface area contributed by atoms with E-state index < -0.39 is 16.9 Å². The van der Waals surface area contributed by atoms with Gasteiger partial charge in [-0.05, 0) is 37.6 Å². The molecular formula is C20H21ClN4O4. The third-order valence-electron chi connectivity index (χ3n) is 4.55. The molecule has 1 aliphatic rings. The second-order valence-corrected chi connectivity index (χ2v) is 7.39. The summed E-state index contributed by atoms with van der Waals surface area (Å²) in [5.74, 6) is -0.555. The van der Waals surface area contributed by atoms with Crippen LogP contribution in [0.3, 0.4) is 0 Å². The molecule has 152 valence electrons. The number of hydrogen-bond donors (Lipinski definition) is 2. The van der Waals surface area contributed by atoms with Crippen LogP contribution in [0.2, 0.25) is 5.02 Å². The highest BCUT2D eigenvalue weighted by Crippen LogP contribution is 2.29. The van der Waals surface area contributed by atoms with Crippen LogP contribution in [0.25, 0.3) is 0 Å². The van der Waals surface area contributed by atoms with Gasteiger partial charge < -0.3 is 10.6 Å². The highest BCUT2D eigenvalue weighted by Gasteiger charge is 2.29. The lowest BCUT2D eigenvalue weighted by molar-refractivity contribution is -0.384. The molecule has 0 unspecified atom stereocenters. The van der Waals surface area contributed by atoms with Crippen LogP contribution in [0, 0.1) is 10.1 Å². The van der Waals surface area contributed by atoms with Gasteiger partial charge in [0.05, 0.1) is 11.5 Å². The molecule has 1 saturated carbocycles. The van der Waals surface area contributed by atoms with E-state index >= 15 is 0 Å². The van der Waals surface area contributed by atoms with Crippen LogP contribution < -0.4 is 10.6 Å². The summed E-state index contributed by atoms with van der Waals surface area (Å²) < 4.78 is 0. The predicted octanol–water partition coefficient (Wildman–Crippen LogP) is 3.14. The number of rotatable bonds is 8. The zero-order chi connectivity index (χ0) is 21.0. The summed E-state index contributed by atoms with van der Waals surface area (Å²) in [6.07, 6.45) is 1.96. The third kappa shape index (κ3) is 5.52. The minimum Gasteiger partial charge on any atom is -0.352 e. The number of nitrogens with zero attached hydrogens (tertiary/aromatic N) is 2. The molecule has 0 bridgehead atoms. The lowest BCUT2D eigenvalue weighted by Crippen LogP contribution is -2.41. The van der Waals surface area contributed by atoms with Gasteiger partial charge in [0.2, 0.25) is 11.8 Å². The second-order valence-electron chi connectivity index (χ2n) is 6.98. The summed E-state index contributed by atoms with van der Waals surface area (Å²) in [6, 6.07) is 12.6. The summed E-state index contributed by atoms with van der Waals surface area (Å²) in [5, 5.41) is 16.7. The van der Waals surface area contributed by atoms with E-state index in [9.17, 15) is 19.7 Å². The van der Waals surface area contributed by atoms with E-state index in [1.807, 2.05) is 6.07 Å². The first-order valence-corrected chi connectivity index (χ1v) is 9.52. The van der Waals surface area contributed by atoms with Crippen LogP contribution in [-0.4, -0.2) is 41.3 Å². The highest BCUT2D eigenvalue weighted by molar-refractivity contribution is 6.32. The topological polar surface area (TPSA) is 105 Å². The van der Waals surface area contributed by atoms with E-state index in [1.54, 1.807) is 36.2 Å². The number of nitro benzene ring substituents is 1. The van der Waals surface area contributed by atoms with Gasteiger partial charge in [-0.1, -0.05) is 41.9 Å². The number of benzene rings is 2. The van der Waals surface area contributed by atoms with Crippen molar-refractivity contribution in [3.63, 3.8) is 0 Å². The van der Waals surface area contributed by atoms with Gasteiger partial charge in [0.15, 0.2) is 0 Å². The maximum absolute atomic E-state index is 13.0. The fraction of sp³-hybridized carbons (Fsp3) is 0.300. The smallest absolute Gasteiger partial charge is 0.289 e. The van der Waals surface area contributed by atoms with E-state index in [0.29, 0.717) is 5.56 Å². The molecule has 0 saturated heterocycles. The maximum atomic E-state index is 13.0. The SMILES string of the molecule is CN(CC(=O)NC1CC1)[C@@H](C(=O)Nc1ccc(Cl)c([N+](=O)[O-])c1)c1ccccc1. The lowest BCUT2D eigenvalue weighted by Gasteiger charge is -2.27. The quantitative estimate of drug-likeness (QED) is 0.508. The van der Waals surface area contributed by atoms with Gasteiger partial charge in [-0.25, -0.2) is 0 Å². The molecule has 0 spiro atoms. The largest absolute Gasteiger partial charge is 0.352 e. The third-order valence-corrected chi connectivity index (χ3v) is 4.87. The van der Waals surface area contributed by atoms with Gasteiger partial charge in [-0.3, -0.25) is 24.6 Å². The van der Waals surface area contributed by atoms with Crippen LogP contribution >= 0.6 is 11.6 Å². The normalized spacial score (nSPS) is 14.3. The van der Waals surface area contributed by atoms with Crippen LogP contribution in [-0.2, 0) is 9.59 Å². The van der Waals surface area contributed by atoms with Crippen molar-refractivity contribution in [1.29, 1.82) is 0 Å². The molecule has 1 fully saturated rings. The first kappa shape index (κ1) is 20.8. The summed E-state index contributed by atoms with van der Waals surface area (Å²) in [6.45, 7) is 0.0459. The fourth-order valence-corrected chi connectivity index (χ4v) is 3.19. The Morgan fingerprint density at radius 3 is 2.55 bits per heavy atom. The Balaban J connectivity index is 1.79. The summed E-state index contributed by atoms with van der Waals surface area (Å²) in [4.78, 5) is 37.4. The van der Waals surface area contributed by atoms with Crippen molar-refractivity contribution in [2.75, 3.05) is 18.9 Å². The molecule has 8 nitrogen and oxygen atoms in total. The average Bonchev–Trinajstić information content (AvgIpc) is 3.47. The number of hydrogen-bond acceptors (Lipinski definition) is 5.